The molecule has 12 nitrogen and oxygen atoms in total. The summed E-state index contributed by atoms with van der Waals surface area (Å²) in [5.41, 5.74) is 8.68. The fourth-order valence-corrected chi connectivity index (χ4v) is 5.73. The molecule has 1 fully saturated rings. The number of nitrogens with zero attached hydrogens (tertiary/aromatic N) is 1. The molecule has 6 N–H and O–H groups in total. The van der Waals surface area contributed by atoms with E-state index in [1.165, 1.54) is 4.90 Å². The first-order valence-corrected chi connectivity index (χ1v) is 16.6. The van der Waals surface area contributed by atoms with Gasteiger partial charge in [-0.1, -0.05) is 91.0 Å². The number of hydrogen-bond donors (Lipinski definition) is 5. The van der Waals surface area contributed by atoms with Crippen LogP contribution in [0.4, 0.5) is 4.79 Å². The standard InChI is InChI=1S/C37H45N5O7/c38-29(19-10-11-21-39-37(48)49-25-28-17-8-3-9-18-28)33(43)40-30(23-26-13-4-1-5-14-26)34(44)41-31(24-27-15-6-2-7-16-27)35(45)42-22-12-20-32(42)36(46)47/h1-9,13-18,29-32H,10-12,19-25,38H2,(H,39,48)(H,40,43)(H,41,44)(H,46,47)/t29-,30-,31-,32+/m0/s1. The van der Waals surface area contributed by atoms with Crippen LogP contribution in [0.2, 0.25) is 0 Å². The molecule has 0 bridgehead atoms. The summed E-state index contributed by atoms with van der Waals surface area (Å²) in [7, 11) is 0. The summed E-state index contributed by atoms with van der Waals surface area (Å²) in [6, 6.07) is 23.6. The third-order valence-corrected chi connectivity index (χ3v) is 8.39. The molecule has 0 aromatic heterocycles. The number of likely N-dealkylation sites (tertiary alicyclic amines) is 1. The number of nitrogens with two attached hydrogens (primary N) is 1. The van der Waals surface area contributed by atoms with Crippen molar-refractivity contribution in [3.05, 3.63) is 108 Å². The van der Waals surface area contributed by atoms with E-state index in [-0.39, 0.29) is 26.0 Å². The number of rotatable bonds is 17. The Balaban J connectivity index is 1.35. The Kier molecular flexibility index (Phi) is 14.1. The predicted octanol–water partition coefficient (Wildman–Crippen LogP) is 2.94. The molecule has 0 spiro atoms. The van der Waals surface area contributed by atoms with Gasteiger partial charge in [0, 0.05) is 25.9 Å². The van der Waals surface area contributed by atoms with E-state index < -0.39 is 54.0 Å². The van der Waals surface area contributed by atoms with Crippen LogP contribution in [0.15, 0.2) is 91.0 Å². The minimum absolute atomic E-state index is 0.146. The molecule has 49 heavy (non-hydrogen) atoms. The van der Waals surface area contributed by atoms with Gasteiger partial charge in [-0.3, -0.25) is 14.4 Å². The largest absolute Gasteiger partial charge is 0.480 e. The van der Waals surface area contributed by atoms with Gasteiger partial charge in [-0.2, -0.15) is 0 Å². The topological polar surface area (TPSA) is 180 Å². The first-order valence-electron chi connectivity index (χ1n) is 16.6. The first-order chi connectivity index (χ1) is 23.7. The molecule has 3 aromatic carbocycles. The summed E-state index contributed by atoms with van der Waals surface area (Å²) in [5, 5.41) is 18.0. The van der Waals surface area contributed by atoms with Gasteiger partial charge >= 0.3 is 12.1 Å². The van der Waals surface area contributed by atoms with Crippen LogP contribution in [0.5, 0.6) is 0 Å². The van der Waals surface area contributed by atoms with Gasteiger partial charge in [0.1, 0.15) is 24.7 Å². The number of aliphatic carboxylic acids is 1. The molecule has 0 radical (unpaired) electrons. The highest BCUT2D eigenvalue weighted by molar-refractivity contribution is 5.94. The van der Waals surface area contributed by atoms with Gasteiger partial charge in [-0.25, -0.2) is 9.59 Å². The Morgan fingerprint density at radius 3 is 1.92 bits per heavy atom. The van der Waals surface area contributed by atoms with Crippen LogP contribution in [0.3, 0.4) is 0 Å². The maximum atomic E-state index is 13.8. The van der Waals surface area contributed by atoms with Crippen LogP contribution < -0.4 is 21.7 Å². The molecule has 1 saturated heterocycles. The summed E-state index contributed by atoms with van der Waals surface area (Å²) in [5.74, 6) is -2.68. The van der Waals surface area contributed by atoms with E-state index in [1.54, 1.807) is 0 Å². The van der Waals surface area contributed by atoms with Crippen molar-refractivity contribution in [2.24, 2.45) is 5.73 Å². The second kappa shape index (κ2) is 18.9. The number of carbonyl (C=O) groups excluding carboxylic acids is 4. The molecular weight excluding hydrogens is 626 g/mol. The second-order valence-corrected chi connectivity index (χ2v) is 12.1. The van der Waals surface area contributed by atoms with E-state index in [0.29, 0.717) is 38.6 Å². The van der Waals surface area contributed by atoms with Crippen molar-refractivity contribution in [2.75, 3.05) is 13.1 Å². The molecule has 1 heterocycles. The highest BCUT2D eigenvalue weighted by Crippen LogP contribution is 2.20. The summed E-state index contributed by atoms with van der Waals surface area (Å²) >= 11 is 0. The van der Waals surface area contributed by atoms with Crippen molar-refractivity contribution < 1.29 is 33.8 Å². The number of benzene rings is 3. The molecule has 4 rings (SSSR count). The number of hydrogen-bond acceptors (Lipinski definition) is 7. The monoisotopic (exact) mass is 671 g/mol. The molecule has 3 aromatic rings. The molecule has 4 atom stereocenters. The van der Waals surface area contributed by atoms with Crippen molar-refractivity contribution in [2.45, 2.75) is 75.7 Å². The Labute approximate surface area is 286 Å². The van der Waals surface area contributed by atoms with Crippen molar-refractivity contribution in [1.29, 1.82) is 0 Å². The minimum Gasteiger partial charge on any atom is -0.480 e. The lowest BCUT2D eigenvalue weighted by molar-refractivity contribution is -0.149. The van der Waals surface area contributed by atoms with Gasteiger partial charge in [0.05, 0.1) is 6.04 Å². The number of alkyl carbamates (subject to hydrolysis) is 1. The number of ether oxygens (including phenoxy) is 1. The van der Waals surface area contributed by atoms with Crippen molar-refractivity contribution >= 4 is 29.8 Å². The second-order valence-electron chi connectivity index (χ2n) is 12.1. The molecule has 0 saturated carbocycles. The highest BCUT2D eigenvalue weighted by Gasteiger charge is 2.38. The number of carboxylic acids is 1. The Hall–Kier alpha value is -5.23. The zero-order valence-electron chi connectivity index (χ0n) is 27.5. The number of amides is 4. The maximum absolute atomic E-state index is 13.8. The SMILES string of the molecule is N[C@@H](CCCCNC(=O)OCc1ccccc1)C(=O)N[C@@H](Cc1ccccc1)C(=O)N[C@@H](Cc1ccccc1)C(=O)N1CCC[C@@H]1C(=O)O. The van der Waals surface area contributed by atoms with Gasteiger partial charge < -0.3 is 36.4 Å². The van der Waals surface area contributed by atoms with E-state index >= 15 is 0 Å². The molecule has 0 unspecified atom stereocenters. The molecular formula is C37H45N5O7. The van der Waals surface area contributed by atoms with Gasteiger partial charge in [0.15, 0.2) is 0 Å². The zero-order chi connectivity index (χ0) is 35.0. The third-order valence-electron chi connectivity index (χ3n) is 8.39. The zero-order valence-corrected chi connectivity index (χ0v) is 27.5. The van der Waals surface area contributed by atoms with Crippen LogP contribution in [-0.4, -0.2) is 77.0 Å². The molecule has 0 aliphatic carbocycles. The summed E-state index contributed by atoms with van der Waals surface area (Å²) < 4.78 is 5.20. The quantitative estimate of drug-likeness (QED) is 0.136. The molecule has 1 aliphatic rings. The van der Waals surface area contributed by atoms with Crippen LogP contribution >= 0.6 is 0 Å². The van der Waals surface area contributed by atoms with E-state index in [2.05, 4.69) is 16.0 Å². The van der Waals surface area contributed by atoms with Crippen molar-refractivity contribution in [3.63, 3.8) is 0 Å². The fourth-order valence-electron chi connectivity index (χ4n) is 5.73. The third kappa shape index (κ3) is 11.8. The van der Waals surface area contributed by atoms with Gasteiger partial charge in [0.25, 0.3) is 0 Å². The van der Waals surface area contributed by atoms with E-state index in [4.69, 9.17) is 10.5 Å². The van der Waals surface area contributed by atoms with E-state index in [0.717, 1.165) is 16.7 Å². The Morgan fingerprint density at radius 2 is 1.33 bits per heavy atom. The molecule has 4 amide bonds. The maximum Gasteiger partial charge on any atom is 0.407 e. The van der Waals surface area contributed by atoms with Crippen molar-refractivity contribution in [3.8, 4) is 0 Å². The molecule has 260 valence electrons. The summed E-state index contributed by atoms with van der Waals surface area (Å²) in [6.07, 6.45) is 2.06. The predicted molar refractivity (Wildman–Crippen MR) is 183 cm³/mol. The first kappa shape index (κ1) is 36.6. The number of nitrogens with one attached hydrogen (secondary N) is 3. The van der Waals surface area contributed by atoms with Crippen LogP contribution in [0.1, 0.15) is 48.8 Å². The lowest BCUT2D eigenvalue weighted by Gasteiger charge is -2.29. The van der Waals surface area contributed by atoms with Crippen molar-refractivity contribution in [1.82, 2.24) is 20.9 Å². The Morgan fingerprint density at radius 1 is 0.776 bits per heavy atom. The van der Waals surface area contributed by atoms with Crippen LogP contribution in [0.25, 0.3) is 0 Å². The molecule has 12 heteroatoms. The summed E-state index contributed by atoms with van der Waals surface area (Å²) in [4.78, 5) is 66.0. The van der Waals surface area contributed by atoms with Crippen LogP contribution in [0, 0.1) is 0 Å². The normalized spacial score (nSPS) is 15.8. The lowest BCUT2D eigenvalue weighted by Crippen LogP contribution is -2.58. The lowest BCUT2D eigenvalue weighted by atomic mass is 10.0. The van der Waals surface area contributed by atoms with Gasteiger partial charge in [0.2, 0.25) is 17.7 Å². The summed E-state index contributed by atoms with van der Waals surface area (Å²) in [6.45, 7) is 0.787. The fraction of sp³-hybridized carbons (Fsp3) is 0.378. The van der Waals surface area contributed by atoms with Crippen LogP contribution in [-0.2, 0) is 43.4 Å². The number of carbonyl (C=O) groups is 5. The average molecular weight is 672 g/mol. The number of carboxylic acid groups (broad SMARTS) is 1. The Bertz CT molecular complexity index is 1520. The number of unbranched alkanes of at least 4 members (excludes halogenated alkanes) is 1. The van der Waals surface area contributed by atoms with E-state index in [9.17, 15) is 29.1 Å². The van der Waals surface area contributed by atoms with Gasteiger partial charge in [-0.05, 0) is 48.8 Å². The highest BCUT2D eigenvalue weighted by atomic mass is 16.5. The minimum atomic E-state index is -1.09. The van der Waals surface area contributed by atoms with E-state index in [1.807, 2.05) is 91.0 Å². The van der Waals surface area contributed by atoms with Gasteiger partial charge in [-0.15, -0.1) is 0 Å². The smallest absolute Gasteiger partial charge is 0.407 e. The average Bonchev–Trinajstić information content (AvgIpc) is 3.62. The molecule has 1 aliphatic heterocycles.